The van der Waals surface area contributed by atoms with E-state index in [1.807, 2.05) is 0 Å². The van der Waals surface area contributed by atoms with Crippen molar-refractivity contribution in [1.82, 2.24) is 4.98 Å². The summed E-state index contributed by atoms with van der Waals surface area (Å²) >= 11 is 0. The van der Waals surface area contributed by atoms with Gasteiger partial charge in [-0.15, -0.1) is 0 Å². The number of nitrogens with zero attached hydrogens (tertiary/aromatic N) is 2. The Morgan fingerprint density at radius 1 is 1.44 bits per heavy atom. The third kappa shape index (κ3) is 2.37. The molecule has 3 atom stereocenters. The van der Waals surface area contributed by atoms with E-state index >= 15 is 0 Å². The topological polar surface area (TPSA) is 94.1 Å². The zero-order valence-corrected chi connectivity index (χ0v) is 10.6. The number of nitrogens with two attached hydrogens (primary N) is 1. The third-order valence-electron chi connectivity index (χ3n) is 3.90. The second kappa shape index (κ2) is 4.80. The molecule has 1 aromatic rings. The second-order valence-electron chi connectivity index (χ2n) is 5.02. The first-order chi connectivity index (χ1) is 8.49. The highest BCUT2D eigenvalue weighted by molar-refractivity contribution is 5.57. The molecule has 3 N–H and O–H groups in total. The molecule has 0 saturated heterocycles. The summed E-state index contributed by atoms with van der Waals surface area (Å²) in [4.78, 5) is 14.2. The quantitative estimate of drug-likeness (QED) is 0.634. The average molecular weight is 250 g/mol. The van der Waals surface area contributed by atoms with Gasteiger partial charge in [-0.3, -0.25) is 10.1 Å². The van der Waals surface area contributed by atoms with E-state index in [0.717, 1.165) is 6.42 Å². The minimum absolute atomic E-state index is 0.0382. The van der Waals surface area contributed by atoms with Gasteiger partial charge in [0, 0.05) is 12.1 Å². The highest BCUT2D eigenvalue weighted by Crippen LogP contribution is 2.33. The summed E-state index contributed by atoms with van der Waals surface area (Å²) in [5.74, 6) is 1.84. The Hall–Kier alpha value is -1.85. The van der Waals surface area contributed by atoms with E-state index in [1.165, 1.54) is 12.5 Å². The van der Waals surface area contributed by atoms with E-state index < -0.39 is 4.92 Å². The predicted octanol–water partition coefficient (Wildman–Crippen LogP) is 2.42. The van der Waals surface area contributed by atoms with Crippen molar-refractivity contribution in [1.29, 1.82) is 0 Å². The van der Waals surface area contributed by atoms with Crippen LogP contribution in [-0.4, -0.2) is 15.9 Å². The summed E-state index contributed by atoms with van der Waals surface area (Å²) in [5, 5.41) is 14.0. The summed E-state index contributed by atoms with van der Waals surface area (Å²) < 4.78 is 0. The number of nitrogen functional groups attached to an aromatic ring is 1. The number of nitrogens with one attached hydrogen (secondary N) is 1. The van der Waals surface area contributed by atoms with Crippen LogP contribution in [0.3, 0.4) is 0 Å². The molecule has 1 heterocycles. The molecule has 0 spiro atoms. The third-order valence-corrected chi connectivity index (χ3v) is 3.90. The van der Waals surface area contributed by atoms with Crippen LogP contribution in [0.5, 0.6) is 0 Å². The van der Waals surface area contributed by atoms with Crippen LogP contribution in [0.4, 0.5) is 17.3 Å². The van der Waals surface area contributed by atoms with E-state index in [0.29, 0.717) is 23.7 Å². The highest BCUT2D eigenvalue weighted by atomic mass is 16.6. The predicted molar refractivity (Wildman–Crippen MR) is 70.3 cm³/mol. The lowest BCUT2D eigenvalue weighted by Crippen LogP contribution is -2.24. The van der Waals surface area contributed by atoms with Crippen LogP contribution in [0, 0.1) is 22.0 Å². The van der Waals surface area contributed by atoms with Crippen LogP contribution < -0.4 is 11.1 Å². The molecule has 1 saturated carbocycles. The lowest BCUT2D eigenvalue weighted by atomic mass is 9.98. The van der Waals surface area contributed by atoms with Gasteiger partial charge < -0.3 is 11.1 Å². The van der Waals surface area contributed by atoms with Crippen LogP contribution in [0.25, 0.3) is 0 Å². The number of pyridine rings is 1. The first-order valence-corrected chi connectivity index (χ1v) is 6.16. The lowest BCUT2D eigenvalue weighted by Gasteiger charge is -2.20. The fourth-order valence-corrected chi connectivity index (χ4v) is 2.46. The minimum atomic E-state index is -0.521. The summed E-state index contributed by atoms with van der Waals surface area (Å²) in [7, 11) is 0. The van der Waals surface area contributed by atoms with Gasteiger partial charge in [-0.05, 0) is 30.7 Å². The SMILES string of the molecule is CC1CCC(Nc2ccc([N+](=O)[O-])c(N)n2)C1C. The number of aromatic nitrogens is 1. The molecule has 6 heteroatoms. The number of anilines is 2. The van der Waals surface area contributed by atoms with Gasteiger partial charge in [0.2, 0.25) is 5.82 Å². The van der Waals surface area contributed by atoms with Crippen molar-refractivity contribution in [3.63, 3.8) is 0 Å². The molecule has 98 valence electrons. The van der Waals surface area contributed by atoms with Gasteiger partial charge in [0.25, 0.3) is 0 Å². The fourth-order valence-electron chi connectivity index (χ4n) is 2.46. The molecule has 6 nitrogen and oxygen atoms in total. The van der Waals surface area contributed by atoms with Gasteiger partial charge in [0.1, 0.15) is 5.82 Å². The molecule has 1 aromatic heterocycles. The Kier molecular flexibility index (Phi) is 3.36. The van der Waals surface area contributed by atoms with Gasteiger partial charge >= 0.3 is 5.69 Å². The van der Waals surface area contributed by atoms with E-state index in [4.69, 9.17) is 5.73 Å². The molecule has 1 aliphatic carbocycles. The van der Waals surface area contributed by atoms with Crippen LogP contribution in [0.15, 0.2) is 12.1 Å². The average Bonchev–Trinajstić information content (AvgIpc) is 2.61. The molecule has 0 bridgehead atoms. The van der Waals surface area contributed by atoms with Gasteiger partial charge in [0.15, 0.2) is 0 Å². The zero-order valence-electron chi connectivity index (χ0n) is 10.6. The van der Waals surface area contributed by atoms with E-state index in [9.17, 15) is 10.1 Å². The fraction of sp³-hybridized carbons (Fsp3) is 0.583. The Morgan fingerprint density at radius 2 is 2.17 bits per heavy atom. The van der Waals surface area contributed by atoms with E-state index in [2.05, 4.69) is 24.1 Å². The van der Waals surface area contributed by atoms with Crippen molar-refractivity contribution >= 4 is 17.3 Å². The largest absolute Gasteiger partial charge is 0.378 e. The first kappa shape index (κ1) is 12.6. The Morgan fingerprint density at radius 3 is 2.67 bits per heavy atom. The minimum Gasteiger partial charge on any atom is -0.378 e. The van der Waals surface area contributed by atoms with Crippen molar-refractivity contribution in [2.24, 2.45) is 11.8 Å². The van der Waals surface area contributed by atoms with Gasteiger partial charge in [0.05, 0.1) is 4.92 Å². The molecular formula is C12H18N4O2. The molecule has 0 amide bonds. The summed E-state index contributed by atoms with van der Waals surface area (Å²) in [6.07, 6.45) is 2.29. The number of hydrogen-bond acceptors (Lipinski definition) is 5. The second-order valence-corrected chi connectivity index (χ2v) is 5.02. The number of nitro groups is 1. The standard InChI is InChI=1S/C12H18N4O2/c1-7-3-4-9(8(7)2)14-11-6-5-10(16(17)18)12(13)15-11/h5-9H,3-4H2,1-2H3,(H3,13,14,15). The van der Waals surface area contributed by atoms with E-state index in [1.54, 1.807) is 6.07 Å². The van der Waals surface area contributed by atoms with Crippen molar-refractivity contribution < 1.29 is 4.92 Å². The molecule has 1 fully saturated rings. The first-order valence-electron chi connectivity index (χ1n) is 6.16. The maximum Gasteiger partial charge on any atom is 0.311 e. The summed E-state index contributed by atoms with van der Waals surface area (Å²) in [5.41, 5.74) is 5.42. The summed E-state index contributed by atoms with van der Waals surface area (Å²) in [6.45, 7) is 4.45. The van der Waals surface area contributed by atoms with Crippen LogP contribution in [0.2, 0.25) is 0 Å². The van der Waals surface area contributed by atoms with Crippen molar-refractivity contribution in [2.45, 2.75) is 32.7 Å². The van der Waals surface area contributed by atoms with Gasteiger partial charge in [-0.2, -0.15) is 0 Å². The molecule has 0 aliphatic heterocycles. The maximum absolute atomic E-state index is 10.6. The Labute approximate surface area is 106 Å². The summed E-state index contributed by atoms with van der Waals surface area (Å²) in [6, 6.07) is 3.38. The van der Waals surface area contributed by atoms with Crippen LogP contribution in [-0.2, 0) is 0 Å². The van der Waals surface area contributed by atoms with Crippen LogP contribution in [0.1, 0.15) is 26.7 Å². The molecule has 0 aromatic carbocycles. The maximum atomic E-state index is 10.6. The Bertz CT molecular complexity index is 463. The molecular weight excluding hydrogens is 232 g/mol. The lowest BCUT2D eigenvalue weighted by molar-refractivity contribution is -0.384. The molecule has 0 radical (unpaired) electrons. The van der Waals surface area contributed by atoms with Gasteiger partial charge in [-0.25, -0.2) is 4.98 Å². The normalized spacial score (nSPS) is 27.1. The molecule has 2 rings (SSSR count). The monoisotopic (exact) mass is 250 g/mol. The number of hydrogen-bond donors (Lipinski definition) is 2. The molecule has 18 heavy (non-hydrogen) atoms. The highest BCUT2D eigenvalue weighted by Gasteiger charge is 2.30. The van der Waals surface area contributed by atoms with E-state index in [-0.39, 0.29) is 11.5 Å². The molecule has 1 aliphatic rings. The van der Waals surface area contributed by atoms with Crippen molar-refractivity contribution in [3.8, 4) is 0 Å². The zero-order chi connectivity index (χ0) is 13.3. The van der Waals surface area contributed by atoms with Crippen molar-refractivity contribution in [3.05, 3.63) is 22.2 Å². The van der Waals surface area contributed by atoms with Crippen molar-refractivity contribution in [2.75, 3.05) is 11.1 Å². The number of rotatable bonds is 3. The Balaban J connectivity index is 2.11. The smallest absolute Gasteiger partial charge is 0.311 e. The van der Waals surface area contributed by atoms with Gasteiger partial charge in [-0.1, -0.05) is 13.8 Å². The van der Waals surface area contributed by atoms with Crippen LogP contribution >= 0.6 is 0 Å². The molecule has 3 unspecified atom stereocenters.